The number of hydrogen-bond acceptors (Lipinski definition) is 12. The number of carbonyl (C=O) groups is 6. The fourth-order valence-electron chi connectivity index (χ4n) is 4.90. The van der Waals surface area contributed by atoms with Gasteiger partial charge in [0.2, 0.25) is 17.7 Å². The predicted octanol–water partition coefficient (Wildman–Crippen LogP) is 2.01. The Morgan fingerprint density at radius 2 is 1.42 bits per heavy atom. The Hall–Kier alpha value is -3.76. The third kappa shape index (κ3) is 13.0. The van der Waals surface area contributed by atoms with Gasteiger partial charge in [0.1, 0.15) is 18.2 Å². The van der Waals surface area contributed by atoms with Crippen LogP contribution in [0.4, 0.5) is 5.69 Å². The van der Waals surface area contributed by atoms with E-state index in [-0.39, 0.29) is 55.2 Å². The van der Waals surface area contributed by atoms with Gasteiger partial charge in [0.25, 0.3) is 11.8 Å². The molecule has 1 saturated heterocycles. The van der Waals surface area contributed by atoms with Crippen molar-refractivity contribution in [3.8, 4) is 0 Å². The van der Waals surface area contributed by atoms with Crippen LogP contribution in [-0.4, -0.2) is 118 Å². The molecule has 0 aliphatic carbocycles. The first-order valence-corrected chi connectivity index (χ1v) is 16.2. The quantitative estimate of drug-likeness (QED) is 0.104. The smallest absolute Gasteiger partial charge is 0.332 e. The van der Waals surface area contributed by atoms with Crippen molar-refractivity contribution in [2.24, 2.45) is 0 Å². The van der Waals surface area contributed by atoms with E-state index in [9.17, 15) is 28.8 Å². The maximum Gasteiger partial charge on any atom is 0.332 e. The van der Waals surface area contributed by atoms with Gasteiger partial charge in [-0.1, -0.05) is 12.5 Å². The summed E-state index contributed by atoms with van der Waals surface area (Å²) in [5.41, 5.74) is -0.161. The Labute approximate surface area is 280 Å². The second kappa shape index (κ2) is 19.9. The molecule has 1 fully saturated rings. The highest BCUT2D eigenvalue weighted by Gasteiger charge is 2.45. The van der Waals surface area contributed by atoms with Crippen molar-refractivity contribution in [2.45, 2.75) is 70.9 Å². The van der Waals surface area contributed by atoms with E-state index in [0.29, 0.717) is 59.3 Å². The van der Waals surface area contributed by atoms with E-state index in [1.807, 2.05) is 0 Å². The molecular formula is C33H47N3O12. The van der Waals surface area contributed by atoms with Gasteiger partial charge in [-0.25, -0.2) is 4.79 Å². The second-order valence-electron chi connectivity index (χ2n) is 12.1. The third-order valence-electron chi connectivity index (χ3n) is 7.06. The lowest BCUT2D eigenvalue weighted by Crippen LogP contribution is -2.54. The van der Waals surface area contributed by atoms with Gasteiger partial charge in [-0.3, -0.25) is 34.2 Å². The van der Waals surface area contributed by atoms with Crippen molar-refractivity contribution in [3.05, 3.63) is 29.3 Å². The van der Waals surface area contributed by atoms with Crippen LogP contribution in [0.2, 0.25) is 0 Å². The molecule has 1 unspecified atom stereocenters. The number of amides is 5. The molecule has 0 radical (unpaired) electrons. The highest BCUT2D eigenvalue weighted by molar-refractivity contribution is 6.26. The van der Waals surface area contributed by atoms with Crippen LogP contribution in [0.25, 0.3) is 0 Å². The minimum atomic E-state index is -1.07. The van der Waals surface area contributed by atoms with Crippen molar-refractivity contribution in [1.82, 2.24) is 10.2 Å². The average molecular weight is 678 g/mol. The van der Waals surface area contributed by atoms with Crippen LogP contribution in [0.5, 0.6) is 0 Å². The van der Waals surface area contributed by atoms with Gasteiger partial charge in [-0.15, -0.1) is 0 Å². The standard InChI is InChI=1S/C33H47N3O12/c1-33(2,3)48-28(39)22-47-21-20-46-19-18-45-17-16-44-15-14-43-13-6-4-5-10-26(37)34-24-9-7-8-23-29(24)32(42)36(31(23)41)25-11-12-27(38)35-30(25)40/h7-9,25H,4-6,10-22H2,1-3H3,(H,34,37)(H,35,38,40). The number of piperidine rings is 1. The number of esters is 1. The molecule has 48 heavy (non-hydrogen) atoms. The zero-order valence-electron chi connectivity index (χ0n) is 28.0. The van der Waals surface area contributed by atoms with Gasteiger partial charge >= 0.3 is 5.97 Å². The van der Waals surface area contributed by atoms with Crippen molar-refractivity contribution in [1.29, 1.82) is 0 Å². The van der Waals surface area contributed by atoms with Crippen LogP contribution in [0.3, 0.4) is 0 Å². The number of anilines is 1. The minimum absolute atomic E-state index is 0.0274. The van der Waals surface area contributed by atoms with E-state index in [2.05, 4.69) is 10.6 Å². The molecule has 3 rings (SSSR count). The van der Waals surface area contributed by atoms with Crippen molar-refractivity contribution >= 4 is 41.2 Å². The zero-order chi connectivity index (χ0) is 34.9. The highest BCUT2D eigenvalue weighted by atomic mass is 16.6. The first-order valence-electron chi connectivity index (χ1n) is 16.2. The number of nitrogens with zero attached hydrogens (tertiary/aromatic N) is 1. The Balaban J connectivity index is 1.15. The van der Waals surface area contributed by atoms with Gasteiger partial charge < -0.3 is 33.7 Å². The first kappa shape index (κ1) is 38.7. The third-order valence-corrected chi connectivity index (χ3v) is 7.06. The zero-order valence-corrected chi connectivity index (χ0v) is 28.0. The molecule has 266 valence electrons. The molecule has 2 heterocycles. The summed E-state index contributed by atoms with van der Waals surface area (Å²) in [5.74, 6) is -3.14. The molecule has 1 aromatic carbocycles. The predicted molar refractivity (Wildman–Crippen MR) is 170 cm³/mol. The largest absolute Gasteiger partial charge is 0.458 e. The van der Waals surface area contributed by atoms with Crippen LogP contribution >= 0.6 is 0 Å². The van der Waals surface area contributed by atoms with E-state index in [4.69, 9.17) is 28.4 Å². The molecule has 15 heteroatoms. The van der Waals surface area contributed by atoms with E-state index < -0.39 is 41.2 Å². The van der Waals surface area contributed by atoms with Gasteiger partial charge in [0.15, 0.2) is 0 Å². The summed E-state index contributed by atoms with van der Waals surface area (Å²) in [5, 5.41) is 4.89. The lowest BCUT2D eigenvalue weighted by molar-refractivity contribution is -0.160. The number of benzene rings is 1. The summed E-state index contributed by atoms with van der Waals surface area (Å²) in [7, 11) is 0. The Kier molecular flexibility index (Phi) is 16.1. The molecule has 5 amide bonds. The van der Waals surface area contributed by atoms with Crippen LogP contribution in [0.15, 0.2) is 18.2 Å². The SMILES string of the molecule is CC(C)(C)OC(=O)COCCOCCOCCOCCOCCCCCC(=O)Nc1cccc2c1C(=O)N(C1CCC(=O)NC1=O)C2=O. The monoisotopic (exact) mass is 677 g/mol. The van der Waals surface area contributed by atoms with Crippen molar-refractivity contribution in [2.75, 3.05) is 71.4 Å². The molecule has 1 aromatic rings. The van der Waals surface area contributed by atoms with Crippen LogP contribution in [0, 0.1) is 0 Å². The number of fused-ring (bicyclic) bond motifs is 1. The second-order valence-corrected chi connectivity index (χ2v) is 12.1. The number of hydrogen-bond donors (Lipinski definition) is 2. The Bertz CT molecular complexity index is 1280. The Morgan fingerprint density at radius 3 is 2.02 bits per heavy atom. The lowest BCUT2D eigenvalue weighted by Gasteiger charge is -2.27. The summed E-state index contributed by atoms with van der Waals surface area (Å²) in [4.78, 5) is 74.9. The molecule has 2 N–H and O–H groups in total. The molecule has 0 spiro atoms. The number of unbranched alkanes of at least 4 members (excludes halogenated alkanes) is 2. The van der Waals surface area contributed by atoms with Gasteiger partial charge in [-0.05, 0) is 52.2 Å². The summed E-state index contributed by atoms with van der Waals surface area (Å²) >= 11 is 0. The number of carbonyl (C=O) groups excluding carboxylic acids is 6. The Morgan fingerprint density at radius 1 is 0.812 bits per heavy atom. The fraction of sp³-hybridized carbons (Fsp3) is 0.636. The van der Waals surface area contributed by atoms with Crippen molar-refractivity contribution < 1.29 is 57.2 Å². The van der Waals surface area contributed by atoms with Gasteiger partial charge in [-0.2, -0.15) is 0 Å². The summed E-state index contributed by atoms with van der Waals surface area (Å²) < 4.78 is 32.2. The molecule has 15 nitrogen and oxygen atoms in total. The minimum Gasteiger partial charge on any atom is -0.458 e. The summed E-state index contributed by atoms with van der Waals surface area (Å²) in [6, 6.07) is 3.51. The van der Waals surface area contributed by atoms with Gasteiger partial charge in [0.05, 0.1) is 69.7 Å². The van der Waals surface area contributed by atoms with Crippen molar-refractivity contribution in [3.63, 3.8) is 0 Å². The van der Waals surface area contributed by atoms with Crippen LogP contribution in [-0.2, 0) is 47.6 Å². The summed E-state index contributed by atoms with van der Waals surface area (Å²) in [6.45, 7) is 8.99. The summed E-state index contributed by atoms with van der Waals surface area (Å²) in [6.07, 6.45) is 2.43. The van der Waals surface area contributed by atoms with Crippen LogP contribution in [0.1, 0.15) is 80.0 Å². The molecule has 2 aliphatic rings. The van der Waals surface area contributed by atoms with Gasteiger partial charge in [0, 0.05) is 19.4 Å². The van der Waals surface area contributed by atoms with Crippen LogP contribution < -0.4 is 10.6 Å². The molecular weight excluding hydrogens is 630 g/mol. The first-order chi connectivity index (χ1) is 23.0. The molecule has 0 aromatic heterocycles. The topological polar surface area (TPSA) is 185 Å². The normalized spacial score (nSPS) is 16.2. The number of imide groups is 2. The van der Waals surface area contributed by atoms with E-state index in [1.54, 1.807) is 32.9 Å². The molecule has 1 atom stereocenters. The maximum atomic E-state index is 13.2. The van der Waals surface area contributed by atoms with E-state index in [0.717, 1.165) is 17.7 Å². The number of nitrogens with one attached hydrogen (secondary N) is 2. The molecule has 0 bridgehead atoms. The van der Waals surface area contributed by atoms with E-state index in [1.165, 1.54) is 6.07 Å². The molecule has 2 aliphatic heterocycles. The number of rotatable bonds is 22. The average Bonchev–Trinajstić information content (AvgIpc) is 3.27. The highest BCUT2D eigenvalue weighted by Crippen LogP contribution is 2.32. The number of ether oxygens (including phenoxy) is 6. The molecule has 0 saturated carbocycles. The maximum absolute atomic E-state index is 13.2. The van der Waals surface area contributed by atoms with E-state index >= 15 is 0 Å². The lowest BCUT2D eigenvalue weighted by atomic mass is 10.0. The fourth-order valence-corrected chi connectivity index (χ4v) is 4.90.